The molecular weight excluding hydrogens is 140 g/mol. The van der Waals surface area contributed by atoms with Gasteiger partial charge < -0.3 is 4.74 Å². The van der Waals surface area contributed by atoms with E-state index in [0.29, 0.717) is 13.1 Å². The largest absolute Gasteiger partial charge is 0.468 e. The Balaban J connectivity index is 0.000000187. The standard InChI is InChI=1S/C6H10.C3H6O2/c1-5-3-6(2)4-5;1-2-5-3-4/h6H,1,3-4H2,2H3;3H,2H2,1H3. The Labute approximate surface area is 68.2 Å². The van der Waals surface area contributed by atoms with E-state index in [1.54, 1.807) is 6.92 Å². The van der Waals surface area contributed by atoms with Crippen molar-refractivity contribution in [2.75, 3.05) is 6.61 Å². The van der Waals surface area contributed by atoms with Gasteiger partial charge in [-0.2, -0.15) is 0 Å². The van der Waals surface area contributed by atoms with Gasteiger partial charge in [-0.1, -0.05) is 19.1 Å². The molecule has 64 valence electrons. The molecular formula is C9H16O2. The summed E-state index contributed by atoms with van der Waals surface area (Å²) in [5, 5.41) is 0. The van der Waals surface area contributed by atoms with E-state index in [9.17, 15) is 4.79 Å². The highest BCUT2D eigenvalue weighted by atomic mass is 16.5. The average Bonchev–Trinajstić information content (AvgIpc) is 1.88. The van der Waals surface area contributed by atoms with Crippen LogP contribution in [0.3, 0.4) is 0 Å². The van der Waals surface area contributed by atoms with E-state index in [-0.39, 0.29) is 0 Å². The molecule has 0 unspecified atom stereocenters. The van der Waals surface area contributed by atoms with E-state index >= 15 is 0 Å². The minimum Gasteiger partial charge on any atom is -0.468 e. The zero-order chi connectivity index (χ0) is 8.69. The normalized spacial score (nSPS) is 16.0. The van der Waals surface area contributed by atoms with Gasteiger partial charge in [0.1, 0.15) is 0 Å². The van der Waals surface area contributed by atoms with Gasteiger partial charge in [-0.15, -0.1) is 0 Å². The highest BCUT2D eigenvalue weighted by Crippen LogP contribution is 2.29. The van der Waals surface area contributed by atoms with Gasteiger partial charge in [0.05, 0.1) is 6.61 Å². The Kier molecular flexibility index (Phi) is 5.53. The molecule has 0 amide bonds. The Hall–Kier alpha value is -0.790. The summed E-state index contributed by atoms with van der Waals surface area (Å²) in [6, 6.07) is 0. The topological polar surface area (TPSA) is 26.3 Å². The third kappa shape index (κ3) is 5.64. The summed E-state index contributed by atoms with van der Waals surface area (Å²) in [5.74, 6) is 0.942. The van der Waals surface area contributed by atoms with Crippen molar-refractivity contribution < 1.29 is 9.53 Å². The third-order valence-electron chi connectivity index (χ3n) is 1.51. The van der Waals surface area contributed by atoms with Crippen LogP contribution >= 0.6 is 0 Å². The third-order valence-corrected chi connectivity index (χ3v) is 1.51. The van der Waals surface area contributed by atoms with E-state index in [4.69, 9.17) is 0 Å². The van der Waals surface area contributed by atoms with Crippen LogP contribution in [0, 0.1) is 5.92 Å². The molecule has 0 aromatic carbocycles. The van der Waals surface area contributed by atoms with Crippen LogP contribution in [0.1, 0.15) is 26.7 Å². The van der Waals surface area contributed by atoms with Crippen LogP contribution in [0.15, 0.2) is 12.2 Å². The molecule has 0 saturated heterocycles. The first-order chi connectivity index (χ1) is 5.20. The first-order valence-corrected chi connectivity index (χ1v) is 3.92. The van der Waals surface area contributed by atoms with Crippen LogP contribution in [0.25, 0.3) is 0 Å². The predicted molar refractivity (Wildman–Crippen MR) is 45.2 cm³/mol. The zero-order valence-corrected chi connectivity index (χ0v) is 7.30. The number of rotatable bonds is 2. The van der Waals surface area contributed by atoms with Gasteiger partial charge in [0.15, 0.2) is 0 Å². The van der Waals surface area contributed by atoms with Crippen LogP contribution in [0.4, 0.5) is 0 Å². The van der Waals surface area contributed by atoms with Gasteiger partial charge in [-0.25, -0.2) is 0 Å². The number of carbonyl (C=O) groups excluding carboxylic acids is 1. The minimum absolute atomic E-state index is 0.431. The fourth-order valence-electron chi connectivity index (χ4n) is 0.994. The van der Waals surface area contributed by atoms with Crippen molar-refractivity contribution >= 4 is 6.47 Å². The van der Waals surface area contributed by atoms with E-state index in [0.717, 1.165) is 5.92 Å². The van der Waals surface area contributed by atoms with Gasteiger partial charge >= 0.3 is 0 Å². The zero-order valence-electron chi connectivity index (χ0n) is 7.30. The molecule has 1 fully saturated rings. The second-order valence-electron chi connectivity index (χ2n) is 2.81. The van der Waals surface area contributed by atoms with E-state index in [2.05, 4.69) is 18.2 Å². The van der Waals surface area contributed by atoms with Crippen LogP contribution in [0.5, 0.6) is 0 Å². The fourth-order valence-corrected chi connectivity index (χ4v) is 0.994. The lowest BCUT2D eigenvalue weighted by Gasteiger charge is -2.23. The maximum Gasteiger partial charge on any atom is 0.293 e. The molecule has 0 N–H and O–H groups in total. The second kappa shape index (κ2) is 5.96. The number of allylic oxidation sites excluding steroid dienone is 1. The highest BCUT2D eigenvalue weighted by molar-refractivity contribution is 5.36. The van der Waals surface area contributed by atoms with Crippen LogP contribution in [-0.2, 0) is 9.53 Å². The van der Waals surface area contributed by atoms with Crippen molar-refractivity contribution in [2.45, 2.75) is 26.7 Å². The van der Waals surface area contributed by atoms with E-state index in [1.165, 1.54) is 18.4 Å². The molecule has 0 aromatic heterocycles. The van der Waals surface area contributed by atoms with Crippen molar-refractivity contribution in [3.05, 3.63) is 12.2 Å². The number of ether oxygens (including phenoxy) is 1. The smallest absolute Gasteiger partial charge is 0.293 e. The molecule has 0 aliphatic heterocycles. The quantitative estimate of drug-likeness (QED) is 0.452. The lowest BCUT2D eigenvalue weighted by molar-refractivity contribution is -0.128. The summed E-state index contributed by atoms with van der Waals surface area (Å²) >= 11 is 0. The van der Waals surface area contributed by atoms with Crippen molar-refractivity contribution in [3.8, 4) is 0 Å². The van der Waals surface area contributed by atoms with Gasteiger partial charge in [-0.05, 0) is 25.7 Å². The molecule has 1 aliphatic carbocycles. The van der Waals surface area contributed by atoms with Crippen LogP contribution in [0.2, 0.25) is 0 Å². The summed E-state index contributed by atoms with van der Waals surface area (Å²) in [6.07, 6.45) is 2.56. The molecule has 1 saturated carbocycles. The van der Waals surface area contributed by atoms with Gasteiger partial charge in [0.2, 0.25) is 0 Å². The summed E-state index contributed by atoms with van der Waals surface area (Å²) in [6.45, 7) is 8.73. The monoisotopic (exact) mass is 156 g/mol. The van der Waals surface area contributed by atoms with Crippen molar-refractivity contribution in [3.63, 3.8) is 0 Å². The number of hydrogen-bond donors (Lipinski definition) is 0. The first kappa shape index (κ1) is 10.2. The lowest BCUT2D eigenvalue weighted by Crippen LogP contribution is -2.08. The molecule has 0 aromatic rings. The summed E-state index contributed by atoms with van der Waals surface area (Å²) in [7, 11) is 0. The Morgan fingerprint density at radius 3 is 2.27 bits per heavy atom. The Bertz CT molecular complexity index is 122. The van der Waals surface area contributed by atoms with Crippen molar-refractivity contribution in [1.82, 2.24) is 0 Å². The fraction of sp³-hybridized carbons (Fsp3) is 0.667. The molecule has 0 radical (unpaired) electrons. The molecule has 1 aliphatic rings. The van der Waals surface area contributed by atoms with Crippen molar-refractivity contribution in [2.24, 2.45) is 5.92 Å². The minimum atomic E-state index is 0.431. The summed E-state index contributed by atoms with van der Waals surface area (Å²) < 4.78 is 4.15. The highest BCUT2D eigenvalue weighted by Gasteiger charge is 2.14. The molecule has 1 rings (SSSR count). The Morgan fingerprint density at radius 2 is 2.27 bits per heavy atom. The molecule has 0 atom stereocenters. The van der Waals surface area contributed by atoms with Crippen LogP contribution < -0.4 is 0 Å². The van der Waals surface area contributed by atoms with Gasteiger partial charge in [0, 0.05) is 0 Å². The molecule has 11 heavy (non-hydrogen) atoms. The molecule has 2 nitrogen and oxygen atoms in total. The lowest BCUT2D eigenvalue weighted by atomic mass is 9.83. The predicted octanol–water partition coefficient (Wildman–Crippen LogP) is 2.15. The van der Waals surface area contributed by atoms with Gasteiger partial charge in [0.25, 0.3) is 6.47 Å². The maximum atomic E-state index is 9.18. The van der Waals surface area contributed by atoms with Crippen molar-refractivity contribution in [1.29, 1.82) is 0 Å². The number of carbonyl (C=O) groups is 1. The number of hydrogen-bond acceptors (Lipinski definition) is 2. The molecule has 0 heterocycles. The molecule has 0 bridgehead atoms. The van der Waals surface area contributed by atoms with Gasteiger partial charge in [-0.3, -0.25) is 4.79 Å². The summed E-state index contributed by atoms with van der Waals surface area (Å²) in [5.41, 5.74) is 1.43. The average molecular weight is 156 g/mol. The molecule has 2 heteroatoms. The maximum absolute atomic E-state index is 9.18. The first-order valence-electron chi connectivity index (χ1n) is 3.92. The van der Waals surface area contributed by atoms with E-state index in [1.807, 2.05) is 0 Å². The second-order valence-corrected chi connectivity index (χ2v) is 2.81. The SMILES string of the molecule is C=C1CC(C)C1.CCOC=O. The molecule has 0 spiro atoms. The summed E-state index contributed by atoms with van der Waals surface area (Å²) in [4.78, 5) is 9.18. The van der Waals surface area contributed by atoms with Crippen LogP contribution in [-0.4, -0.2) is 13.1 Å². The Morgan fingerprint density at radius 1 is 1.73 bits per heavy atom. The van der Waals surface area contributed by atoms with E-state index < -0.39 is 0 Å².